The molecule has 1 aromatic carbocycles. The number of hydrogen-bond acceptors (Lipinski definition) is 5. The number of aryl methyl sites for hydroxylation is 1. The van der Waals surface area contributed by atoms with Crippen molar-refractivity contribution >= 4 is 5.91 Å². The maximum absolute atomic E-state index is 12.4. The number of rotatable bonds is 5. The summed E-state index contributed by atoms with van der Waals surface area (Å²) >= 11 is 0. The van der Waals surface area contributed by atoms with Gasteiger partial charge < -0.3 is 9.88 Å². The smallest absolute Gasteiger partial charge is 0.269 e. The first-order valence-corrected chi connectivity index (χ1v) is 8.00. The summed E-state index contributed by atoms with van der Waals surface area (Å²) in [6.07, 6.45) is 1.92. The number of aromatic amines is 1. The van der Waals surface area contributed by atoms with Crippen LogP contribution >= 0.6 is 0 Å². The van der Waals surface area contributed by atoms with E-state index in [1.165, 1.54) is 0 Å². The summed E-state index contributed by atoms with van der Waals surface area (Å²) in [6.45, 7) is 0.194. The number of carbonyl (C=O) groups is 1. The van der Waals surface area contributed by atoms with Crippen LogP contribution in [0.4, 0.5) is 0 Å². The van der Waals surface area contributed by atoms with Crippen LogP contribution in [0.25, 0.3) is 17.1 Å². The van der Waals surface area contributed by atoms with Gasteiger partial charge in [0.05, 0.1) is 17.9 Å². The SMILES string of the molecule is Cn1cccc1-c1cc(C(=O)NCc2nnnn2-c2ccccc2)[nH]n1. The van der Waals surface area contributed by atoms with Gasteiger partial charge in [0, 0.05) is 13.2 Å². The fourth-order valence-electron chi connectivity index (χ4n) is 2.64. The van der Waals surface area contributed by atoms with E-state index in [0.29, 0.717) is 17.2 Å². The molecule has 1 amide bonds. The Hall–Kier alpha value is -3.75. The molecular weight excluding hydrogens is 332 g/mol. The predicted octanol–water partition coefficient (Wildman–Crippen LogP) is 1.32. The van der Waals surface area contributed by atoms with Crippen molar-refractivity contribution < 1.29 is 4.79 Å². The highest BCUT2D eigenvalue weighted by molar-refractivity contribution is 5.93. The van der Waals surface area contributed by atoms with Crippen LogP contribution in [0.2, 0.25) is 0 Å². The molecule has 0 aliphatic carbocycles. The first-order chi connectivity index (χ1) is 12.7. The van der Waals surface area contributed by atoms with Crippen LogP contribution in [-0.4, -0.2) is 40.9 Å². The maximum Gasteiger partial charge on any atom is 0.269 e. The lowest BCUT2D eigenvalue weighted by Crippen LogP contribution is -2.25. The van der Waals surface area contributed by atoms with Crippen LogP contribution in [0, 0.1) is 0 Å². The van der Waals surface area contributed by atoms with Gasteiger partial charge in [0.2, 0.25) is 0 Å². The van der Waals surface area contributed by atoms with Crippen LogP contribution in [-0.2, 0) is 13.6 Å². The third kappa shape index (κ3) is 2.97. The summed E-state index contributed by atoms with van der Waals surface area (Å²) in [6, 6.07) is 15.1. The Morgan fingerprint density at radius 2 is 2.04 bits per heavy atom. The van der Waals surface area contributed by atoms with Crippen molar-refractivity contribution in [1.29, 1.82) is 0 Å². The van der Waals surface area contributed by atoms with Crippen molar-refractivity contribution in [3.05, 3.63) is 66.2 Å². The van der Waals surface area contributed by atoms with E-state index >= 15 is 0 Å². The summed E-state index contributed by atoms with van der Waals surface area (Å²) in [7, 11) is 1.92. The van der Waals surface area contributed by atoms with Crippen molar-refractivity contribution in [2.24, 2.45) is 7.05 Å². The normalized spacial score (nSPS) is 10.8. The first kappa shape index (κ1) is 15.8. The third-order valence-electron chi connectivity index (χ3n) is 3.97. The number of carbonyl (C=O) groups excluding carboxylic acids is 1. The molecule has 0 fully saturated rings. The zero-order chi connectivity index (χ0) is 17.9. The molecule has 2 N–H and O–H groups in total. The Bertz CT molecular complexity index is 1030. The van der Waals surface area contributed by atoms with Gasteiger partial charge in [0.15, 0.2) is 5.82 Å². The summed E-state index contributed by atoms with van der Waals surface area (Å²) < 4.78 is 3.52. The van der Waals surface area contributed by atoms with Gasteiger partial charge in [-0.2, -0.15) is 9.78 Å². The van der Waals surface area contributed by atoms with Gasteiger partial charge in [-0.25, -0.2) is 0 Å². The van der Waals surface area contributed by atoms with Crippen molar-refractivity contribution in [2.75, 3.05) is 0 Å². The van der Waals surface area contributed by atoms with Crippen molar-refractivity contribution in [3.63, 3.8) is 0 Å². The molecule has 3 aromatic heterocycles. The van der Waals surface area contributed by atoms with Gasteiger partial charge in [0.1, 0.15) is 11.4 Å². The lowest BCUT2D eigenvalue weighted by Gasteiger charge is -2.05. The highest BCUT2D eigenvalue weighted by Crippen LogP contribution is 2.17. The van der Waals surface area contributed by atoms with Gasteiger partial charge in [-0.1, -0.05) is 18.2 Å². The van der Waals surface area contributed by atoms with Crippen LogP contribution in [0.1, 0.15) is 16.3 Å². The van der Waals surface area contributed by atoms with Gasteiger partial charge in [-0.05, 0) is 40.8 Å². The molecule has 9 nitrogen and oxygen atoms in total. The molecule has 0 aliphatic rings. The number of H-pyrrole nitrogens is 1. The zero-order valence-electron chi connectivity index (χ0n) is 14.0. The minimum absolute atomic E-state index is 0.194. The lowest BCUT2D eigenvalue weighted by atomic mass is 10.2. The molecule has 0 atom stereocenters. The van der Waals surface area contributed by atoms with Gasteiger partial charge in [0.25, 0.3) is 5.91 Å². The number of tetrazole rings is 1. The number of benzene rings is 1. The molecule has 9 heteroatoms. The van der Waals surface area contributed by atoms with E-state index in [1.807, 2.05) is 60.3 Å². The summed E-state index contributed by atoms with van der Waals surface area (Å²) in [4.78, 5) is 12.4. The minimum Gasteiger partial charge on any atom is -0.349 e. The fourth-order valence-corrected chi connectivity index (χ4v) is 2.64. The molecule has 4 aromatic rings. The van der Waals surface area contributed by atoms with E-state index in [1.54, 1.807) is 10.7 Å². The molecule has 0 spiro atoms. The Kier molecular flexibility index (Phi) is 4.02. The third-order valence-corrected chi connectivity index (χ3v) is 3.97. The molecule has 0 unspecified atom stereocenters. The fraction of sp³-hybridized carbons (Fsp3) is 0.118. The summed E-state index contributed by atoms with van der Waals surface area (Å²) in [5.41, 5.74) is 2.83. The zero-order valence-corrected chi connectivity index (χ0v) is 14.0. The van der Waals surface area contributed by atoms with E-state index in [9.17, 15) is 4.79 Å². The van der Waals surface area contributed by atoms with E-state index in [4.69, 9.17) is 0 Å². The maximum atomic E-state index is 12.4. The number of hydrogen-bond donors (Lipinski definition) is 2. The number of para-hydroxylation sites is 1. The standard InChI is InChI=1S/C17H16N8O/c1-24-9-5-8-15(24)13-10-14(20-19-13)17(26)18-11-16-21-22-23-25(16)12-6-3-2-4-7-12/h2-10H,11H2,1H3,(H,18,26)(H,19,20). The molecular formula is C17H16N8O. The van der Waals surface area contributed by atoms with Crippen LogP contribution in [0.15, 0.2) is 54.7 Å². The van der Waals surface area contributed by atoms with Gasteiger partial charge in [-0.15, -0.1) is 5.10 Å². The van der Waals surface area contributed by atoms with E-state index in [2.05, 4.69) is 31.0 Å². The van der Waals surface area contributed by atoms with E-state index in [0.717, 1.165) is 11.4 Å². The Morgan fingerprint density at radius 3 is 2.81 bits per heavy atom. The van der Waals surface area contributed by atoms with E-state index in [-0.39, 0.29) is 12.5 Å². The second kappa shape index (κ2) is 6.63. The van der Waals surface area contributed by atoms with Crippen molar-refractivity contribution in [3.8, 4) is 17.1 Å². The molecule has 130 valence electrons. The highest BCUT2D eigenvalue weighted by atomic mass is 16.1. The number of nitrogens with one attached hydrogen (secondary N) is 2. The second-order valence-electron chi connectivity index (χ2n) is 5.70. The van der Waals surface area contributed by atoms with Crippen molar-refractivity contribution in [1.82, 2.24) is 40.3 Å². The predicted molar refractivity (Wildman–Crippen MR) is 93.3 cm³/mol. The largest absolute Gasteiger partial charge is 0.349 e. The molecule has 0 saturated heterocycles. The van der Waals surface area contributed by atoms with Crippen LogP contribution in [0.3, 0.4) is 0 Å². The molecule has 26 heavy (non-hydrogen) atoms. The quantitative estimate of drug-likeness (QED) is 0.566. The van der Waals surface area contributed by atoms with E-state index < -0.39 is 0 Å². The molecule has 3 heterocycles. The van der Waals surface area contributed by atoms with Gasteiger partial charge >= 0.3 is 0 Å². The first-order valence-electron chi connectivity index (χ1n) is 8.00. The second-order valence-corrected chi connectivity index (χ2v) is 5.70. The molecule has 0 bridgehead atoms. The minimum atomic E-state index is -0.277. The molecule has 4 rings (SSSR count). The van der Waals surface area contributed by atoms with Crippen molar-refractivity contribution in [2.45, 2.75) is 6.54 Å². The number of nitrogens with zero attached hydrogens (tertiary/aromatic N) is 6. The average Bonchev–Trinajstić information content (AvgIpc) is 3.40. The van der Waals surface area contributed by atoms with Gasteiger partial charge in [-0.3, -0.25) is 9.89 Å². The molecule has 0 radical (unpaired) electrons. The Morgan fingerprint density at radius 1 is 1.19 bits per heavy atom. The topological polar surface area (TPSA) is 106 Å². The molecule has 0 aliphatic heterocycles. The Labute approximate surface area is 148 Å². The summed E-state index contributed by atoms with van der Waals surface area (Å²) in [5.74, 6) is 0.257. The number of aromatic nitrogens is 7. The highest BCUT2D eigenvalue weighted by Gasteiger charge is 2.14. The Balaban J connectivity index is 1.47. The monoisotopic (exact) mass is 348 g/mol. The lowest BCUT2D eigenvalue weighted by molar-refractivity contribution is 0.0944. The van der Waals surface area contributed by atoms with Crippen LogP contribution in [0.5, 0.6) is 0 Å². The average molecular weight is 348 g/mol. The summed E-state index contributed by atoms with van der Waals surface area (Å²) in [5, 5.41) is 21.4. The number of amides is 1. The van der Waals surface area contributed by atoms with Crippen LogP contribution < -0.4 is 5.32 Å². The molecule has 0 saturated carbocycles.